The van der Waals surface area contributed by atoms with E-state index in [1.807, 2.05) is 0 Å². The summed E-state index contributed by atoms with van der Waals surface area (Å²) in [7, 11) is -5.95. The van der Waals surface area contributed by atoms with Crippen molar-refractivity contribution in [3.8, 4) is 0 Å². The van der Waals surface area contributed by atoms with Crippen molar-refractivity contribution in [3.05, 3.63) is 59.0 Å². The Kier molecular flexibility index (Phi) is 14.6. The van der Waals surface area contributed by atoms with Crippen LogP contribution in [0.2, 0.25) is 58.9 Å². The van der Waals surface area contributed by atoms with Crippen molar-refractivity contribution in [2.75, 3.05) is 0 Å². The molecule has 5 atom stereocenters. The quantitative estimate of drug-likeness (QED) is 0.0252. The summed E-state index contributed by atoms with van der Waals surface area (Å²) in [6.45, 7) is 19.9. The van der Waals surface area contributed by atoms with Crippen LogP contribution in [0.15, 0.2) is 24.3 Å². The lowest BCUT2D eigenvalue weighted by atomic mass is 9.89. The zero-order chi connectivity index (χ0) is 40.7. The zero-order valence-electron chi connectivity index (χ0n) is 34.8. The van der Waals surface area contributed by atoms with Crippen molar-refractivity contribution in [1.29, 1.82) is 0 Å². The predicted molar refractivity (Wildman–Crippen MR) is 193 cm³/mol. The molecule has 1 aliphatic rings. The molecule has 1 saturated carbocycles. The predicted octanol–water partition coefficient (Wildman–Crippen LogP) is 11.0. The first-order valence-electron chi connectivity index (χ1n) is 19.1. The molecule has 0 aliphatic heterocycles. The van der Waals surface area contributed by atoms with Gasteiger partial charge in [-0.15, -0.1) is 0 Å². The lowest BCUT2D eigenvalue weighted by Crippen LogP contribution is -2.35. The van der Waals surface area contributed by atoms with E-state index >= 15 is 0 Å². The van der Waals surface area contributed by atoms with E-state index in [9.17, 15) is 26.7 Å². The van der Waals surface area contributed by atoms with Gasteiger partial charge in [-0.2, -0.15) is 0 Å². The maximum Gasteiger partial charge on any atom is 0.306 e. The van der Waals surface area contributed by atoms with E-state index in [2.05, 4.69) is 82.7 Å². The molecule has 2 rings (SSSR count). The van der Waals surface area contributed by atoms with E-state index in [1.54, 1.807) is 0 Å². The molecule has 5 nitrogen and oxygen atoms in total. The number of benzene rings is 1. The highest BCUT2D eigenvalue weighted by Crippen LogP contribution is 2.42. The average Bonchev–Trinajstić information content (AvgIpc) is 3.28. The van der Waals surface area contributed by atoms with Gasteiger partial charge in [0.1, 0.15) is 6.61 Å². The summed E-state index contributed by atoms with van der Waals surface area (Å²) in [5.41, 5.74) is -1.40. The lowest BCUT2D eigenvalue weighted by molar-refractivity contribution is -0.145. The second-order valence-corrected chi connectivity index (χ2v) is 28.9. The molecule has 0 saturated heterocycles. The summed E-state index contributed by atoms with van der Waals surface area (Å²) >= 11 is 0. The van der Waals surface area contributed by atoms with Crippen molar-refractivity contribution in [3.63, 3.8) is 0 Å². The SMILES string of the molecule is [2H]C([2H])(/C=C\C[C@@H]1[C@@H](/C=C/[C@H](CCCCC)O[Si](C)(C)C)[C@H](O[Si](C)(C)C)C[C@@H]1O[Si](C)(C)C)C([2H])([2H])CC(=O)OCc1c(F)c(F)c(F)c(F)c1F. The Balaban J connectivity index is 2.35. The minimum Gasteiger partial charge on any atom is -0.461 e. The number of carbonyl (C=O) groups excluding carboxylic acids is 1. The van der Waals surface area contributed by atoms with Gasteiger partial charge in [-0.05, 0) is 96.8 Å². The van der Waals surface area contributed by atoms with Crippen LogP contribution in [0.5, 0.6) is 0 Å². The molecule has 0 aromatic heterocycles. The summed E-state index contributed by atoms with van der Waals surface area (Å²) < 4.78 is 127. The fourth-order valence-corrected chi connectivity index (χ4v) is 9.22. The number of rotatable bonds is 20. The number of hydrogen-bond donors (Lipinski definition) is 0. The molecule has 1 fully saturated rings. The van der Waals surface area contributed by atoms with Gasteiger partial charge in [-0.1, -0.05) is 50.5 Å². The fourth-order valence-electron chi connectivity index (χ4n) is 5.77. The molecule has 0 radical (unpaired) electrons. The average molecular weight is 755 g/mol. The standard InChI is InChI=1S/C36H59F5O5Si3/c1-11-12-15-18-25(44-47(2,3)4)21-22-27-26(29(45-48(5,6)7)23-30(27)46-49(8,9)10)19-16-13-14-17-20-31(42)43-24-28-32(37)34(39)36(41)35(40)33(28)38/h13,16,21-22,25-27,29-30H,11-12,14-15,17-20,23-24H2,1-10H3/b16-13-,22-21+/t25-,26+,27+,29-,30+/m0/s1/i14D2,17D2. The Hall–Kier alpha value is -1.65. The van der Waals surface area contributed by atoms with Gasteiger partial charge in [-0.25, -0.2) is 22.0 Å². The third-order valence-electron chi connectivity index (χ3n) is 7.64. The molecule has 0 unspecified atom stereocenters. The highest BCUT2D eigenvalue weighted by Gasteiger charge is 2.45. The second-order valence-electron chi connectivity index (χ2n) is 15.5. The van der Waals surface area contributed by atoms with Crippen molar-refractivity contribution in [2.24, 2.45) is 11.8 Å². The van der Waals surface area contributed by atoms with Crippen molar-refractivity contribution in [1.82, 2.24) is 0 Å². The summed E-state index contributed by atoms with van der Waals surface area (Å²) in [5, 5.41) is 0. The monoisotopic (exact) mass is 754 g/mol. The number of hydrogen-bond acceptors (Lipinski definition) is 5. The van der Waals surface area contributed by atoms with E-state index in [1.165, 1.54) is 6.08 Å². The number of esters is 1. The third kappa shape index (κ3) is 15.2. The van der Waals surface area contributed by atoms with E-state index in [-0.39, 0.29) is 30.1 Å². The maximum atomic E-state index is 14.0. The zero-order valence-corrected chi connectivity index (χ0v) is 33.8. The molecule has 280 valence electrons. The van der Waals surface area contributed by atoms with E-state index in [4.69, 9.17) is 18.8 Å². The van der Waals surface area contributed by atoms with Gasteiger partial charge in [-0.3, -0.25) is 4.79 Å². The van der Waals surface area contributed by atoms with Crippen LogP contribution >= 0.6 is 0 Å². The smallest absolute Gasteiger partial charge is 0.306 e. The molecule has 1 aromatic rings. The van der Waals surface area contributed by atoms with Gasteiger partial charge in [0.05, 0.1) is 23.9 Å². The van der Waals surface area contributed by atoms with Gasteiger partial charge >= 0.3 is 5.97 Å². The normalized spacial score (nSPS) is 23.1. The van der Waals surface area contributed by atoms with Crippen LogP contribution in [0.1, 0.15) is 75.7 Å². The lowest BCUT2D eigenvalue weighted by Gasteiger charge is -2.30. The van der Waals surface area contributed by atoms with Gasteiger partial charge < -0.3 is 18.0 Å². The van der Waals surface area contributed by atoms with Gasteiger partial charge in [0, 0.05) is 17.8 Å². The minimum atomic E-state index is -2.87. The minimum absolute atomic E-state index is 0.0656. The molecule has 0 N–H and O–H groups in total. The number of ether oxygens (including phenoxy) is 1. The summed E-state index contributed by atoms with van der Waals surface area (Å²) in [6.07, 6.45) is 4.74. The molecule has 1 aliphatic carbocycles. The first-order chi connectivity index (χ1) is 24.1. The van der Waals surface area contributed by atoms with Gasteiger partial charge in [0.2, 0.25) is 5.82 Å². The molecular weight excluding hydrogens is 692 g/mol. The number of halogens is 5. The summed E-state index contributed by atoms with van der Waals surface area (Å²) in [4.78, 5) is 12.5. The third-order valence-corrected chi connectivity index (χ3v) is 10.7. The Morgan fingerprint density at radius 2 is 1.41 bits per heavy atom. The Morgan fingerprint density at radius 1 is 0.837 bits per heavy atom. The number of unbranched alkanes of at least 4 members (excludes halogenated alkanes) is 2. The van der Waals surface area contributed by atoms with E-state index < -0.39 is 91.3 Å². The number of carbonyl (C=O) groups is 1. The van der Waals surface area contributed by atoms with Crippen LogP contribution in [-0.4, -0.2) is 49.2 Å². The maximum absolute atomic E-state index is 14.0. The highest BCUT2D eigenvalue weighted by atomic mass is 28.4. The summed E-state index contributed by atoms with van der Waals surface area (Å²) in [5.74, 6) is -12.8. The van der Waals surface area contributed by atoms with Gasteiger partial charge in [0.15, 0.2) is 48.2 Å². The van der Waals surface area contributed by atoms with Gasteiger partial charge in [0.25, 0.3) is 0 Å². The molecular formula is C36H59F5O5Si3. The summed E-state index contributed by atoms with van der Waals surface area (Å²) in [6, 6.07) is 0. The van der Waals surface area contributed by atoms with Crippen LogP contribution in [0.4, 0.5) is 22.0 Å². The van der Waals surface area contributed by atoms with Crippen LogP contribution in [0.3, 0.4) is 0 Å². The van der Waals surface area contributed by atoms with Crippen LogP contribution in [0, 0.1) is 40.9 Å². The molecule has 0 heterocycles. The van der Waals surface area contributed by atoms with Crippen LogP contribution < -0.4 is 0 Å². The largest absolute Gasteiger partial charge is 0.461 e. The van der Waals surface area contributed by atoms with Crippen LogP contribution in [-0.2, 0) is 29.4 Å². The van der Waals surface area contributed by atoms with Crippen molar-refractivity contribution in [2.45, 2.75) is 148 Å². The van der Waals surface area contributed by atoms with Crippen LogP contribution in [0.25, 0.3) is 0 Å². The Morgan fingerprint density at radius 3 is 1.96 bits per heavy atom. The molecule has 49 heavy (non-hydrogen) atoms. The Labute approximate surface area is 300 Å². The van der Waals surface area contributed by atoms with Crippen molar-refractivity contribution >= 4 is 30.9 Å². The molecule has 0 spiro atoms. The molecule has 0 bridgehead atoms. The first-order valence-corrected chi connectivity index (χ1v) is 27.4. The fraction of sp³-hybridized carbons (Fsp3) is 0.694. The number of allylic oxidation sites excluding steroid dienone is 2. The topological polar surface area (TPSA) is 54.0 Å². The van der Waals surface area contributed by atoms with E-state index in [0.29, 0.717) is 12.8 Å². The highest BCUT2D eigenvalue weighted by molar-refractivity contribution is 6.70. The Bertz CT molecular complexity index is 1420. The first kappa shape index (κ1) is 37.1. The molecule has 1 aromatic carbocycles. The van der Waals surface area contributed by atoms with Crippen molar-refractivity contribution < 1.29 is 50.2 Å². The van der Waals surface area contributed by atoms with E-state index in [0.717, 1.165) is 31.8 Å². The molecule has 13 heteroatoms. The molecule has 0 amide bonds. The second kappa shape index (κ2) is 19.3.